The highest BCUT2D eigenvalue weighted by atomic mass is 16.5. The van der Waals surface area contributed by atoms with E-state index in [-0.39, 0.29) is 18.6 Å². The molecule has 0 radical (unpaired) electrons. The minimum atomic E-state index is -0.227. The molecular formula is C17H18N2O2. The Balaban J connectivity index is 1.96. The maximum absolute atomic E-state index is 11.4. The molecule has 4 heteroatoms. The summed E-state index contributed by atoms with van der Waals surface area (Å²) in [6.07, 6.45) is 0. The zero-order valence-corrected chi connectivity index (χ0v) is 12.1. The van der Waals surface area contributed by atoms with E-state index in [1.807, 2.05) is 18.2 Å². The molecule has 108 valence electrons. The fraction of sp³-hybridized carbons (Fsp3) is 0.235. The Morgan fingerprint density at radius 3 is 2.76 bits per heavy atom. The first-order valence-corrected chi connectivity index (χ1v) is 6.94. The molecule has 2 aromatic carbocycles. The lowest BCUT2D eigenvalue weighted by Crippen LogP contribution is -2.25. The van der Waals surface area contributed by atoms with Crippen LogP contribution in [-0.4, -0.2) is 12.5 Å². The van der Waals surface area contributed by atoms with Crippen molar-refractivity contribution >= 4 is 11.6 Å². The van der Waals surface area contributed by atoms with Crippen molar-refractivity contribution in [3.8, 4) is 5.75 Å². The van der Waals surface area contributed by atoms with Gasteiger partial charge < -0.3 is 15.8 Å². The maximum atomic E-state index is 11.4. The molecule has 21 heavy (non-hydrogen) atoms. The number of aryl methyl sites for hydroxylation is 2. The summed E-state index contributed by atoms with van der Waals surface area (Å²) in [5.74, 6) is 0.547. The predicted molar refractivity (Wildman–Crippen MR) is 82.5 cm³/mol. The Hall–Kier alpha value is -2.33. The zero-order chi connectivity index (χ0) is 15.0. The number of anilines is 1. The number of rotatable bonds is 2. The van der Waals surface area contributed by atoms with E-state index < -0.39 is 0 Å². The lowest BCUT2D eigenvalue weighted by Gasteiger charge is -2.21. The Kier molecular flexibility index (Phi) is 3.39. The molecule has 0 aliphatic carbocycles. The van der Waals surface area contributed by atoms with Crippen LogP contribution in [0.3, 0.4) is 0 Å². The summed E-state index contributed by atoms with van der Waals surface area (Å²) < 4.78 is 5.36. The smallest absolute Gasteiger partial charge is 0.262 e. The largest absolute Gasteiger partial charge is 0.482 e. The van der Waals surface area contributed by atoms with E-state index in [1.54, 1.807) is 0 Å². The average Bonchev–Trinajstić information content (AvgIpc) is 2.46. The fourth-order valence-electron chi connectivity index (χ4n) is 2.65. The number of amides is 1. The molecule has 3 rings (SSSR count). The summed E-state index contributed by atoms with van der Waals surface area (Å²) in [5.41, 5.74) is 11.5. The summed E-state index contributed by atoms with van der Waals surface area (Å²) in [5, 5.41) is 2.81. The zero-order valence-electron chi connectivity index (χ0n) is 12.1. The van der Waals surface area contributed by atoms with Crippen LogP contribution < -0.4 is 15.8 Å². The molecule has 1 atom stereocenters. The van der Waals surface area contributed by atoms with Crippen LogP contribution in [0.25, 0.3) is 0 Å². The van der Waals surface area contributed by atoms with E-state index in [4.69, 9.17) is 10.5 Å². The van der Waals surface area contributed by atoms with E-state index in [0.29, 0.717) is 11.4 Å². The molecule has 0 spiro atoms. The van der Waals surface area contributed by atoms with Crippen molar-refractivity contribution in [2.45, 2.75) is 19.9 Å². The standard InChI is InChI=1S/C17H18N2O2/c1-10-3-5-13(11(2)7-10)17(18)12-4-6-15-14(8-12)19-16(20)9-21-15/h3-8,17H,9,18H2,1-2H3,(H,19,20). The van der Waals surface area contributed by atoms with Crippen molar-refractivity contribution in [2.75, 3.05) is 11.9 Å². The Bertz CT molecular complexity index is 710. The maximum Gasteiger partial charge on any atom is 0.262 e. The van der Waals surface area contributed by atoms with Gasteiger partial charge in [-0.25, -0.2) is 0 Å². The van der Waals surface area contributed by atoms with Gasteiger partial charge in [0.05, 0.1) is 11.7 Å². The molecule has 1 aliphatic rings. The number of hydrogen-bond acceptors (Lipinski definition) is 3. The number of benzene rings is 2. The van der Waals surface area contributed by atoms with E-state index >= 15 is 0 Å². The molecule has 0 aromatic heterocycles. The monoisotopic (exact) mass is 282 g/mol. The van der Waals surface area contributed by atoms with Gasteiger partial charge in [0.25, 0.3) is 5.91 Å². The third-order valence-electron chi connectivity index (χ3n) is 3.76. The summed E-state index contributed by atoms with van der Waals surface area (Å²) in [6, 6.07) is 11.7. The number of carbonyl (C=O) groups excluding carboxylic acids is 1. The predicted octanol–water partition coefficient (Wildman–Crippen LogP) is 2.68. The third-order valence-corrected chi connectivity index (χ3v) is 3.76. The first kappa shape index (κ1) is 13.6. The summed E-state index contributed by atoms with van der Waals surface area (Å²) >= 11 is 0. The van der Waals surface area contributed by atoms with Crippen LogP contribution in [0.5, 0.6) is 5.75 Å². The fourth-order valence-corrected chi connectivity index (χ4v) is 2.65. The first-order valence-electron chi connectivity index (χ1n) is 6.94. The van der Waals surface area contributed by atoms with Gasteiger partial charge >= 0.3 is 0 Å². The number of nitrogens with two attached hydrogens (primary N) is 1. The highest BCUT2D eigenvalue weighted by Gasteiger charge is 2.18. The number of ether oxygens (including phenoxy) is 1. The molecule has 2 aromatic rings. The molecule has 0 fully saturated rings. The SMILES string of the molecule is Cc1ccc(C(N)c2ccc3c(c2)NC(=O)CO3)c(C)c1. The van der Waals surface area contributed by atoms with E-state index in [1.165, 1.54) is 11.1 Å². The number of fused-ring (bicyclic) bond motifs is 1. The highest BCUT2D eigenvalue weighted by molar-refractivity contribution is 5.95. The summed E-state index contributed by atoms with van der Waals surface area (Å²) in [6.45, 7) is 4.19. The van der Waals surface area contributed by atoms with Gasteiger partial charge in [-0.15, -0.1) is 0 Å². The van der Waals surface area contributed by atoms with Crippen LogP contribution in [-0.2, 0) is 4.79 Å². The second-order valence-corrected chi connectivity index (χ2v) is 5.43. The van der Waals surface area contributed by atoms with Crippen molar-refractivity contribution in [3.63, 3.8) is 0 Å². The Morgan fingerprint density at radius 2 is 2.00 bits per heavy atom. The molecule has 0 bridgehead atoms. The van der Waals surface area contributed by atoms with Gasteiger partial charge in [-0.05, 0) is 42.7 Å². The highest BCUT2D eigenvalue weighted by Crippen LogP contribution is 2.32. The van der Waals surface area contributed by atoms with Crippen LogP contribution in [0.15, 0.2) is 36.4 Å². The first-order chi connectivity index (χ1) is 10.0. The van der Waals surface area contributed by atoms with Gasteiger partial charge in [-0.2, -0.15) is 0 Å². The van der Waals surface area contributed by atoms with Crippen molar-refractivity contribution < 1.29 is 9.53 Å². The molecule has 1 amide bonds. The van der Waals surface area contributed by atoms with Crippen LogP contribution in [0.4, 0.5) is 5.69 Å². The molecule has 1 aliphatic heterocycles. The normalized spacial score (nSPS) is 14.9. The van der Waals surface area contributed by atoms with Gasteiger partial charge in [0.1, 0.15) is 5.75 Å². The molecular weight excluding hydrogens is 264 g/mol. The minimum Gasteiger partial charge on any atom is -0.482 e. The van der Waals surface area contributed by atoms with E-state index in [2.05, 4.69) is 37.4 Å². The minimum absolute atomic E-state index is 0.0650. The van der Waals surface area contributed by atoms with Crippen LogP contribution in [0.2, 0.25) is 0 Å². The lowest BCUT2D eigenvalue weighted by atomic mass is 9.94. The summed E-state index contributed by atoms with van der Waals surface area (Å²) in [7, 11) is 0. The van der Waals surface area contributed by atoms with E-state index in [9.17, 15) is 4.79 Å². The molecule has 0 saturated heterocycles. The molecule has 4 nitrogen and oxygen atoms in total. The molecule has 0 saturated carbocycles. The Morgan fingerprint density at radius 1 is 1.19 bits per heavy atom. The van der Waals surface area contributed by atoms with Gasteiger partial charge in [0, 0.05) is 0 Å². The number of carbonyl (C=O) groups is 1. The molecule has 3 N–H and O–H groups in total. The Labute approximate surface area is 123 Å². The molecule has 1 heterocycles. The number of nitrogens with one attached hydrogen (secondary N) is 1. The number of hydrogen-bond donors (Lipinski definition) is 2. The third kappa shape index (κ3) is 2.62. The average molecular weight is 282 g/mol. The van der Waals surface area contributed by atoms with Gasteiger partial charge in [0.2, 0.25) is 0 Å². The second kappa shape index (κ2) is 5.22. The second-order valence-electron chi connectivity index (χ2n) is 5.43. The molecule has 1 unspecified atom stereocenters. The van der Waals surface area contributed by atoms with Crippen molar-refractivity contribution in [1.29, 1.82) is 0 Å². The quantitative estimate of drug-likeness (QED) is 0.890. The van der Waals surface area contributed by atoms with Crippen molar-refractivity contribution in [2.24, 2.45) is 5.73 Å². The van der Waals surface area contributed by atoms with Crippen LogP contribution in [0.1, 0.15) is 28.3 Å². The van der Waals surface area contributed by atoms with E-state index in [0.717, 1.165) is 11.1 Å². The summed E-state index contributed by atoms with van der Waals surface area (Å²) in [4.78, 5) is 11.4. The van der Waals surface area contributed by atoms with Crippen LogP contribution in [0, 0.1) is 13.8 Å². The van der Waals surface area contributed by atoms with Gasteiger partial charge in [0.15, 0.2) is 6.61 Å². The van der Waals surface area contributed by atoms with Gasteiger partial charge in [-0.3, -0.25) is 4.79 Å². The lowest BCUT2D eigenvalue weighted by molar-refractivity contribution is -0.118. The van der Waals surface area contributed by atoms with Crippen molar-refractivity contribution in [1.82, 2.24) is 0 Å². The topological polar surface area (TPSA) is 64.3 Å². The van der Waals surface area contributed by atoms with Crippen molar-refractivity contribution in [3.05, 3.63) is 58.7 Å². The van der Waals surface area contributed by atoms with Gasteiger partial charge in [-0.1, -0.05) is 29.8 Å². The van der Waals surface area contributed by atoms with Crippen LogP contribution >= 0.6 is 0 Å².